The topological polar surface area (TPSA) is 69.4 Å². The molecule has 1 N–H and O–H groups in total. The molecule has 0 spiro atoms. The molecule has 128 valence electrons. The highest BCUT2D eigenvalue weighted by Crippen LogP contribution is 2.38. The van der Waals surface area contributed by atoms with Crippen LogP contribution in [0.4, 0.5) is 5.69 Å². The molecule has 0 fully saturated rings. The van der Waals surface area contributed by atoms with Gasteiger partial charge >= 0.3 is 0 Å². The minimum absolute atomic E-state index is 0.359. The summed E-state index contributed by atoms with van der Waals surface area (Å²) >= 11 is 6.28. The largest absolute Gasteiger partial charge is 0.486 e. The molecule has 0 unspecified atom stereocenters. The van der Waals surface area contributed by atoms with E-state index in [4.69, 9.17) is 25.6 Å². The number of hydrogen-bond acceptors (Lipinski definition) is 6. The summed E-state index contributed by atoms with van der Waals surface area (Å²) in [6.45, 7) is 3.45. The first-order chi connectivity index (χ1) is 12.2. The van der Waals surface area contributed by atoms with Gasteiger partial charge in [-0.15, -0.1) is 0 Å². The minimum Gasteiger partial charge on any atom is -0.486 e. The molecule has 0 atom stereocenters. The average Bonchev–Trinajstić information content (AvgIpc) is 3.09. The van der Waals surface area contributed by atoms with Gasteiger partial charge in [0.2, 0.25) is 11.7 Å². The van der Waals surface area contributed by atoms with Crippen molar-refractivity contribution in [3.05, 3.63) is 52.9 Å². The number of anilines is 1. The van der Waals surface area contributed by atoms with Gasteiger partial charge in [-0.3, -0.25) is 0 Å². The van der Waals surface area contributed by atoms with E-state index in [1.165, 1.54) is 5.56 Å². The number of benzene rings is 2. The molecular weight excluding hydrogens is 342 g/mol. The van der Waals surface area contributed by atoms with Gasteiger partial charge in [0, 0.05) is 17.7 Å². The smallest absolute Gasteiger partial charge is 0.246 e. The third-order valence-corrected chi connectivity index (χ3v) is 4.15. The standard InChI is InChI=1S/C18H16ClN3O3/c1-11-2-4-12(5-3-11)18-21-17(25-22-18)10-20-14-9-16-15(8-13(14)19)23-6-7-24-16/h2-5,8-9,20H,6-7,10H2,1H3. The van der Waals surface area contributed by atoms with Gasteiger partial charge in [-0.25, -0.2) is 0 Å². The second-order valence-corrected chi connectivity index (χ2v) is 6.11. The van der Waals surface area contributed by atoms with Crippen LogP contribution in [0.3, 0.4) is 0 Å². The number of aryl methyl sites for hydroxylation is 1. The zero-order valence-corrected chi connectivity index (χ0v) is 14.3. The molecule has 2 aromatic carbocycles. The Balaban J connectivity index is 1.48. The van der Waals surface area contributed by atoms with Crippen LogP contribution >= 0.6 is 11.6 Å². The molecule has 1 aromatic heterocycles. The highest BCUT2D eigenvalue weighted by molar-refractivity contribution is 6.33. The number of nitrogens with one attached hydrogen (secondary N) is 1. The van der Waals surface area contributed by atoms with Crippen LogP contribution < -0.4 is 14.8 Å². The van der Waals surface area contributed by atoms with Crippen LogP contribution in [-0.4, -0.2) is 23.4 Å². The van der Waals surface area contributed by atoms with Crippen molar-refractivity contribution in [2.75, 3.05) is 18.5 Å². The summed E-state index contributed by atoms with van der Waals surface area (Å²) in [7, 11) is 0. The number of halogens is 1. The summed E-state index contributed by atoms with van der Waals surface area (Å²) in [6, 6.07) is 11.5. The first kappa shape index (κ1) is 15.8. The summed E-state index contributed by atoms with van der Waals surface area (Å²) in [5.74, 6) is 2.36. The van der Waals surface area contributed by atoms with Crippen molar-refractivity contribution in [1.29, 1.82) is 0 Å². The number of rotatable bonds is 4. The summed E-state index contributed by atoms with van der Waals surface area (Å²) in [4.78, 5) is 4.40. The lowest BCUT2D eigenvalue weighted by Crippen LogP contribution is -2.15. The first-order valence-corrected chi connectivity index (χ1v) is 8.29. The van der Waals surface area contributed by atoms with Crippen LogP contribution in [-0.2, 0) is 6.54 Å². The van der Waals surface area contributed by atoms with Gasteiger partial charge in [0.1, 0.15) is 13.2 Å². The van der Waals surface area contributed by atoms with Crippen molar-refractivity contribution in [2.45, 2.75) is 13.5 Å². The molecule has 3 aromatic rings. The van der Waals surface area contributed by atoms with Crippen LogP contribution in [0.2, 0.25) is 5.02 Å². The second-order valence-electron chi connectivity index (χ2n) is 5.71. The van der Waals surface area contributed by atoms with Gasteiger partial charge in [-0.05, 0) is 6.92 Å². The highest BCUT2D eigenvalue weighted by atomic mass is 35.5. The lowest BCUT2D eigenvalue weighted by molar-refractivity contribution is 0.171. The molecule has 4 rings (SSSR count). The Labute approximate surface area is 149 Å². The van der Waals surface area contributed by atoms with Crippen molar-refractivity contribution in [1.82, 2.24) is 10.1 Å². The molecule has 0 saturated carbocycles. The van der Waals surface area contributed by atoms with Crippen LogP contribution in [0.25, 0.3) is 11.4 Å². The van der Waals surface area contributed by atoms with E-state index >= 15 is 0 Å². The summed E-state index contributed by atoms with van der Waals surface area (Å²) < 4.78 is 16.4. The molecule has 0 saturated heterocycles. The Bertz CT molecular complexity index is 893. The Morgan fingerprint density at radius 3 is 2.56 bits per heavy atom. The molecule has 7 heteroatoms. The summed E-state index contributed by atoms with van der Waals surface area (Å²) in [6.07, 6.45) is 0. The molecule has 6 nitrogen and oxygen atoms in total. The van der Waals surface area contributed by atoms with E-state index in [0.717, 1.165) is 11.3 Å². The van der Waals surface area contributed by atoms with Crippen LogP contribution in [0.5, 0.6) is 11.5 Å². The van der Waals surface area contributed by atoms with E-state index in [9.17, 15) is 0 Å². The van der Waals surface area contributed by atoms with E-state index in [0.29, 0.717) is 48.0 Å². The number of aromatic nitrogens is 2. The van der Waals surface area contributed by atoms with Gasteiger partial charge < -0.3 is 19.3 Å². The van der Waals surface area contributed by atoms with Gasteiger partial charge in [0.25, 0.3) is 0 Å². The Hall–Kier alpha value is -2.73. The van der Waals surface area contributed by atoms with Crippen molar-refractivity contribution < 1.29 is 14.0 Å². The molecular formula is C18H16ClN3O3. The van der Waals surface area contributed by atoms with Crippen LogP contribution in [0.1, 0.15) is 11.5 Å². The second kappa shape index (κ2) is 6.64. The number of fused-ring (bicyclic) bond motifs is 1. The third-order valence-electron chi connectivity index (χ3n) is 3.84. The normalized spacial score (nSPS) is 12.9. The zero-order chi connectivity index (χ0) is 17.2. The molecule has 0 bridgehead atoms. The molecule has 0 radical (unpaired) electrons. The van der Waals surface area contributed by atoms with Gasteiger partial charge in [0.15, 0.2) is 11.5 Å². The monoisotopic (exact) mass is 357 g/mol. The minimum atomic E-state index is 0.359. The Kier molecular flexibility index (Phi) is 4.19. The van der Waals surface area contributed by atoms with E-state index in [-0.39, 0.29) is 0 Å². The van der Waals surface area contributed by atoms with Crippen molar-refractivity contribution in [2.24, 2.45) is 0 Å². The number of nitrogens with zero attached hydrogens (tertiary/aromatic N) is 2. The fourth-order valence-electron chi connectivity index (χ4n) is 2.52. The quantitative estimate of drug-likeness (QED) is 0.758. The predicted molar refractivity (Wildman–Crippen MR) is 94.2 cm³/mol. The Morgan fingerprint density at radius 1 is 1.08 bits per heavy atom. The van der Waals surface area contributed by atoms with Gasteiger partial charge in [0.05, 0.1) is 17.3 Å². The van der Waals surface area contributed by atoms with Crippen molar-refractivity contribution in [3.63, 3.8) is 0 Å². The van der Waals surface area contributed by atoms with E-state index < -0.39 is 0 Å². The maximum atomic E-state index is 6.28. The summed E-state index contributed by atoms with van der Waals surface area (Å²) in [5.41, 5.74) is 2.82. The van der Waals surface area contributed by atoms with Crippen molar-refractivity contribution in [3.8, 4) is 22.9 Å². The average molecular weight is 358 g/mol. The van der Waals surface area contributed by atoms with E-state index in [2.05, 4.69) is 15.5 Å². The molecule has 25 heavy (non-hydrogen) atoms. The van der Waals surface area contributed by atoms with E-state index in [1.54, 1.807) is 6.07 Å². The maximum Gasteiger partial charge on any atom is 0.246 e. The van der Waals surface area contributed by atoms with Crippen LogP contribution in [0.15, 0.2) is 40.9 Å². The lowest BCUT2D eigenvalue weighted by Gasteiger charge is -2.20. The molecule has 0 aliphatic carbocycles. The third kappa shape index (κ3) is 3.39. The Morgan fingerprint density at radius 2 is 1.80 bits per heavy atom. The fourth-order valence-corrected chi connectivity index (χ4v) is 2.74. The van der Waals surface area contributed by atoms with Gasteiger partial charge in [-0.2, -0.15) is 4.98 Å². The van der Waals surface area contributed by atoms with Crippen molar-refractivity contribution >= 4 is 17.3 Å². The number of ether oxygens (including phenoxy) is 2. The molecule has 1 aliphatic heterocycles. The lowest BCUT2D eigenvalue weighted by atomic mass is 10.1. The SMILES string of the molecule is Cc1ccc(-c2noc(CNc3cc4c(cc3Cl)OCCO4)n2)cc1. The maximum absolute atomic E-state index is 6.28. The molecule has 1 aliphatic rings. The molecule has 2 heterocycles. The van der Waals surface area contributed by atoms with E-state index in [1.807, 2.05) is 37.3 Å². The zero-order valence-electron chi connectivity index (χ0n) is 13.6. The molecule has 0 amide bonds. The first-order valence-electron chi connectivity index (χ1n) is 7.92. The van der Waals surface area contributed by atoms with Crippen LogP contribution in [0, 0.1) is 6.92 Å². The highest BCUT2D eigenvalue weighted by Gasteiger charge is 2.16. The summed E-state index contributed by atoms with van der Waals surface area (Å²) in [5, 5.41) is 7.75. The fraction of sp³-hybridized carbons (Fsp3) is 0.222. The predicted octanol–water partition coefficient (Wildman–Crippen LogP) is 4.08. The van der Waals surface area contributed by atoms with Gasteiger partial charge in [-0.1, -0.05) is 46.6 Å². The number of hydrogen-bond donors (Lipinski definition) is 1.